The molecule has 0 N–H and O–H groups in total. The van der Waals surface area contributed by atoms with Gasteiger partial charge in [-0.25, -0.2) is 0 Å². The van der Waals surface area contributed by atoms with Gasteiger partial charge in [-0.05, 0) is 36.5 Å². The first-order chi connectivity index (χ1) is 17.8. The maximum atomic E-state index is 10.4. The van der Waals surface area contributed by atoms with Crippen LogP contribution in [0.1, 0.15) is 159 Å². The normalized spacial score (nSPS) is 9.42. The number of rotatable bonds is 18. The first-order valence-corrected chi connectivity index (χ1v) is 14.9. The van der Waals surface area contributed by atoms with Gasteiger partial charge < -0.3 is 19.8 Å². The summed E-state index contributed by atoms with van der Waals surface area (Å²) in [5.74, 6) is -2.02. The summed E-state index contributed by atoms with van der Waals surface area (Å²) < 4.78 is 0. The van der Waals surface area contributed by atoms with Crippen LogP contribution in [0.3, 0.4) is 0 Å². The summed E-state index contributed by atoms with van der Waals surface area (Å²) in [6.45, 7) is 15.7. The van der Waals surface area contributed by atoms with Crippen LogP contribution >= 0.6 is 0 Å². The van der Waals surface area contributed by atoms with Crippen LogP contribution in [0.15, 0.2) is 24.3 Å². The minimum atomic E-state index is -1.11. The largest absolute Gasteiger partial charge is 2.00 e. The summed E-state index contributed by atoms with van der Waals surface area (Å²) in [6, 6.07) is 6.79. The second-order valence-corrected chi connectivity index (χ2v) is 9.41. The summed E-state index contributed by atoms with van der Waals surface area (Å²) in [4.78, 5) is 20.5. The van der Waals surface area contributed by atoms with Crippen LogP contribution in [0.5, 0.6) is 0 Å². The second-order valence-electron chi connectivity index (χ2n) is 9.41. The Hall–Kier alpha value is -1.04. The first-order valence-electron chi connectivity index (χ1n) is 14.9. The van der Waals surface area contributed by atoms with Crippen molar-refractivity contribution >= 4 is 35.8 Å². The Kier molecular flexibility index (Phi) is 44.1. The van der Waals surface area contributed by atoms with Crippen molar-refractivity contribution < 1.29 is 19.8 Å². The van der Waals surface area contributed by atoms with E-state index in [1.54, 1.807) is 12.1 Å². The second kappa shape index (κ2) is 38.1. The number of unbranched alkanes of at least 4 members (excludes halogenated alkanes) is 14. The van der Waals surface area contributed by atoms with Gasteiger partial charge in [-0.15, -0.1) is 0 Å². The molecule has 0 aliphatic heterocycles. The van der Waals surface area contributed by atoms with E-state index in [1.807, 2.05) is 13.0 Å². The van der Waals surface area contributed by atoms with Gasteiger partial charge in [-0.1, -0.05) is 162 Å². The molecule has 0 unspecified atom stereocenters. The minimum absolute atomic E-state index is 0. The Balaban J connectivity index is -0.000000244. The van der Waals surface area contributed by atoms with Crippen molar-refractivity contribution in [2.24, 2.45) is 0 Å². The van der Waals surface area contributed by atoms with Crippen LogP contribution in [-0.4, -0.2) is 35.8 Å². The molecule has 0 aliphatic carbocycles. The number of aliphatic carboxylic acids is 1. The predicted molar refractivity (Wildman–Crippen MR) is 162 cm³/mol. The number of aromatic carboxylic acids is 1. The van der Waals surface area contributed by atoms with Crippen molar-refractivity contribution in [3.05, 3.63) is 49.2 Å². The summed E-state index contributed by atoms with van der Waals surface area (Å²) in [6.07, 6.45) is 22.3. The molecule has 1 aromatic carbocycles. The Bertz CT molecular complexity index is 596. The van der Waals surface area contributed by atoms with E-state index in [0.717, 1.165) is 37.7 Å². The molecule has 0 saturated carbocycles. The van der Waals surface area contributed by atoms with Crippen molar-refractivity contribution in [1.29, 1.82) is 0 Å². The number of hydrogen-bond donors (Lipinski definition) is 0. The molecule has 218 valence electrons. The molecule has 4 radical (unpaired) electrons. The molecular formula is C33H58O4Sn. The summed E-state index contributed by atoms with van der Waals surface area (Å²) in [5.41, 5.74) is 1.27. The van der Waals surface area contributed by atoms with Gasteiger partial charge in [0.2, 0.25) is 0 Å². The van der Waals surface area contributed by atoms with Gasteiger partial charge in [0.25, 0.3) is 0 Å². The number of benzene rings is 1. The van der Waals surface area contributed by atoms with E-state index in [0.29, 0.717) is 0 Å². The molecule has 0 fully saturated rings. The van der Waals surface area contributed by atoms with Crippen LogP contribution in [0.4, 0.5) is 0 Å². The van der Waals surface area contributed by atoms with Crippen LogP contribution in [0.25, 0.3) is 0 Å². The van der Waals surface area contributed by atoms with Gasteiger partial charge >= 0.3 is 23.9 Å². The standard InChI is InChI=1S/C16H32O2.C9H10O2.2C4H9.Sn/c1-2-3-4-5-6-7-8-9-10-11-12-13-14-15-16(17)18;1-2-7-4-3-5-8(6-7)9(10)11;2*1-3-4-2;/h2-15H2,1H3,(H,17,18);3-6H,2H2,1H3,(H,10,11);2*1,3-4H2,2H3;/q;;;;+2/p-2. The Morgan fingerprint density at radius 2 is 1.05 bits per heavy atom. The average molecular weight is 638 g/mol. The SMILES string of the molecule is CCCCCCCCCCCCCCCC(=O)[O-].CCc1cccc(C(=O)[O-])c1.[CH2]CCC.[CH2]CCC.[Sn+2]. The number of carbonyl (C=O) groups is 2. The zero-order chi connectivity index (χ0) is 28.6. The molecule has 0 saturated heterocycles. The van der Waals surface area contributed by atoms with Crippen LogP contribution in [0, 0.1) is 13.8 Å². The smallest absolute Gasteiger partial charge is 0.550 e. The maximum absolute atomic E-state index is 10.4. The fraction of sp³-hybridized carbons (Fsp3) is 0.697. The van der Waals surface area contributed by atoms with E-state index in [-0.39, 0.29) is 35.9 Å². The third-order valence-corrected chi connectivity index (χ3v) is 5.76. The van der Waals surface area contributed by atoms with Gasteiger partial charge in [-0.3, -0.25) is 0 Å². The van der Waals surface area contributed by atoms with E-state index in [9.17, 15) is 19.8 Å². The number of carbonyl (C=O) groups excluding carboxylic acids is 2. The van der Waals surface area contributed by atoms with Gasteiger partial charge in [-0.2, -0.15) is 0 Å². The average Bonchev–Trinajstić information content (AvgIpc) is 2.91. The van der Waals surface area contributed by atoms with Crippen molar-refractivity contribution in [1.82, 2.24) is 0 Å². The first kappa shape index (κ1) is 44.0. The molecule has 0 spiro atoms. The molecule has 1 aromatic rings. The Labute approximate surface area is 253 Å². The van der Waals surface area contributed by atoms with E-state index < -0.39 is 11.9 Å². The zero-order valence-electron chi connectivity index (χ0n) is 25.3. The van der Waals surface area contributed by atoms with E-state index >= 15 is 0 Å². The minimum Gasteiger partial charge on any atom is -0.550 e. The third kappa shape index (κ3) is 39.5. The summed E-state index contributed by atoms with van der Waals surface area (Å²) in [5, 5.41) is 20.5. The number of carboxylic acid groups (broad SMARTS) is 2. The van der Waals surface area contributed by atoms with Gasteiger partial charge in [0, 0.05) is 5.97 Å². The summed E-state index contributed by atoms with van der Waals surface area (Å²) in [7, 11) is 0. The zero-order valence-corrected chi connectivity index (χ0v) is 28.1. The summed E-state index contributed by atoms with van der Waals surface area (Å²) >= 11 is 0. The molecule has 38 heavy (non-hydrogen) atoms. The third-order valence-electron chi connectivity index (χ3n) is 5.76. The van der Waals surface area contributed by atoms with Gasteiger partial charge in [0.05, 0.1) is 5.97 Å². The number of carboxylic acids is 2. The number of aryl methyl sites for hydroxylation is 1. The molecule has 5 heteroatoms. The molecular weight excluding hydrogens is 579 g/mol. The van der Waals surface area contributed by atoms with Crippen LogP contribution in [-0.2, 0) is 11.2 Å². The van der Waals surface area contributed by atoms with Crippen molar-refractivity contribution in [3.8, 4) is 0 Å². The Morgan fingerprint density at radius 1 is 0.658 bits per heavy atom. The van der Waals surface area contributed by atoms with E-state index in [4.69, 9.17) is 0 Å². The van der Waals surface area contributed by atoms with Crippen molar-refractivity contribution in [3.63, 3.8) is 0 Å². The molecule has 0 bridgehead atoms. The quantitative estimate of drug-likeness (QED) is 0.122. The topological polar surface area (TPSA) is 80.3 Å². The van der Waals surface area contributed by atoms with Crippen molar-refractivity contribution in [2.45, 2.75) is 150 Å². The predicted octanol–water partition coefficient (Wildman–Crippen LogP) is 7.69. The van der Waals surface area contributed by atoms with Crippen molar-refractivity contribution in [2.75, 3.05) is 0 Å². The van der Waals surface area contributed by atoms with E-state index in [1.165, 1.54) is 89.5 Å². The van der Waals surface area contributed by atoms with Crippen LogP contribution in [0.2, 0.25) is 0 Å². The molecule has 0 aliphatic rings. The number of hydrogen-bond acceptors (Lipinski definition) is 4. The molecule has 0 aromatic heterocycles. The Morgan fingerprint density at radius 3 is 1.37 bits per heavy atom. The van der Waals surface area contributed by atoms with Gasteiger partial charge in [0.15, 0.2) is 0 Å². The van der Waals surface area contributed by atoms with Crippen LogP contribution < -0.4 is 10.2 Å². The monoisotopic (exact) mass is 638 g/mol. The molecule has 0 heterocycles. The fourth-order valence-corrected chi connectivity index (χ4v) is 3.21. The molecule has 1 rings (SSSR count). The fourth-order valence-electron chi connectivity index (χ4n) is 3.21. The molecule has 4 nitrogen and oxygen atoms in total. The maximum Gasteiger partial charge on any atom is 2.00 e. The molecule has 0 atom stereocenters. The van der Waals surface area contributed by atoms with Gasteiger partial charge in [0.1, 0.15) is 0 Å². The molecule has 0 amide bonds. The van der Waals surface area contributed by atoms with E-state index in [2.05, 4.69) is 34.6 Å².